The monoisotopic (exact) mass is 753 g/mol. The van der Waals surface area contributed by atoms with Crippen molar-refractivity contribution in [3.8, 4) is 6.07 Å². The number of esters is 1. The van der Waals surface area contributed by atoms with Gasteiger partial charge in [-0.25, -0.2) is 4.79 Å². The fourth-order valence-electron chi connectivity index (χ4n) is 7.02. The second-order valence-corrected chi connectivity index (χ2v) is 23.7. The van der Waals surface area contributed by atoms with Gasteiger partial charge in [-0.3, -0.25) is 4.79 Å². The Kier molecular flexibility index (Phi) is 15.9. The van der Waals surface area contributed by atoms with Gasteiger partial charge in [0.15, 0.2) is 8.32 Å². The number of epoxide rings is 1. The number of allylic oxidation sites excluding steroid dienone is 7. The molecule has 0 N–H and O–H groups in total. The summed E-state index contributed by atoms with van der Waals surface area (Å²) in [7, 11) is -3.63. The fourth-order valence-corrected chi connectivity index (χ4v) is 14.5. The predicted octanol–water partition coefficient (Wildman–Crippen LogP) is 8.70. The maximum Gasteiger partial charge on any atom is 0.337 e. The number of hydrogen-bond donors (Lipinski definition) is 0. The van der Waals surface area contributed by atoms with E-state index in [-0.39, 0.29) is 10.8 Å². The number of carbonyl (C=O) groups is 2. The number of nitriles is 1. The Labute approximate surface area is 320 Å². The highest BCUT2D eigenvalue weighted by molar-refractivity contribution is 6.99. The lowest BCUT2D eigenvalue weighted by molar-refractivity contribution is -0.135. The Morgan fingerprint density at radius 3 is 1.98 bits per heavy atom. The van der Waals surface area contributed by atoms with Gasteiger partial charge in [-0.05, 0) is 72.4 Å². The van der Waals surface area contributed by atoms with Gasteiger partial charge in [0, 0.05) is 6.61 Å². The maximum absolute atomic E-state index is 13.9. The van der Waals surface area contributed by atoms with Crippen LogP contribution in [0.5, 0.6) is 0 Å². The van der Waals surface area contributed by atoms with Crippen LogP contribution in [0.2, 0.25) is 23.2 Å². The summed E-state index contributed by atoms with van der Waals surface area (Å²) in [6.07, 6.45) is 11.7. The van der Waals surface area contributed by atoms with E-state index >= 15 is 0 Å². The molecule has 1 saturated heterocycles. The number of carbonyl (C=O) groups excluding carboxylic acids is 2. The first-order chi connectivity index (χ1) is 25.2. The summed E-state index contributed by atoms with van der Waals surface area (Å²) in [5.74, 6) is -0.754. The van der Waals surface area contributed by atoms with Crippen LogP contribution in [0.15, 0.2) is 120 Å². The second-order valence-electron chi connectivity index (χ2n) is 14.6. The number of nitrogens with zero attached hydrogens (tertiary/aromatic N) is 1. The van der Waals surface area contributed by atoms with Gasteiger partial charge in [0.05, 0.1) is 18.8 Å². The van der Waals surface area contributed by atoms with Crippen LogP contribution in [0.25, 0.3) is 0 Å². The van der Waals surface area contributed by atoms with Gasteiger partial charge in [0.25, 0.3) is 8.32 Å². The molecule has 3 rings (SSSR count). The lowest BCUT2D eigenvalue weighted by Gasteiger charge is -2.43. The van der Waals surface area contributed by atoms with Crippen molar-refractivity contribution in [3.63, 3.8) is 0 Å². The highest BCUT2D eigenvalue weighted by Gasteiger charge is 2.67. The van der Waals surface area contributed by atoms with Crippen molar-refractivity contribution in [1.82, 2.24) is 0 Å². The second kappa shape index (κ2) is 19.4. The van der Waals surface area contributed by atoms with Crippen molar-refractivity contribution in [1.29, 1.82) is 5.26 Å². The molecule has 0 amide bonds. The van der Waals surface area contributed by atoms with Crippen LogP contribution < -0.4 is 10.4 Å². The zero-order valence-corrected chi connectivity index (χ0v) is 35.4. The number of benzene rings is 2. The molecule has 0 aromatic heterocycles. The fraction of sp³-hybridized carbons (Fsp3) is 0.432. The third-order valence-electron chi connectivity index (χ3n) is 10.4. The molecule has 0 spiro atoms. The summed E-state index contributed by atoms with van der Waals surface area (Å²) in [5, 5.41) is 12.7. The summed E-state index contributed by atoms with van der Waals surface area (Å²) in [6.45, 7) is 19.0. The van der Waals surface area contributed by atoms with Crippen LogP contribution in [0.4, 0.5) is 0 Å². The summed E-state index contributed by atoms with van der Waals surface area (Å²) in [5.41, 5.74) is 0.130. The van der Waals surface area contributed by atoms with Crippen LogP contribution in [0.3, 0.4) is 0 Å². The molecule has 1 heterocycles. The van der Waals surface area contributed by atoms with E-state index in [0.29, 0.717) is 24.2 Å². The average Bonchev–Trinajstić information content (AvgIpc) is 3.92. The molecule has 0 saturated carbocycles. The van der Waals surface area contributed by atoms with E-state index in [1.165, 1.54) is 17.5 Å². The Bertz CT molecular complexity index is 1680. The Morgan fingerprint density at radius 1 is 0.943 bits per heavy atom. The Balaban J connectivity index is 1.89. The molecule has 0 radical (unpaired) electrons. The van der Waals surface area contributed by atoms with Crippen molar-refractivity contribution in [2.45, 2.75) is 110 Å². The molecule has 0 unspecified atom stereocenters. The number of hydrogen-bond acceptors (Lipinski definition) is 7. The van der Waals surface area contributed by atoms with E-state index < -0.39 is 40.4 Å². The first-order valence-electron chi connectivity index (χ1n) is 18.8. The highest BCUT2D eigenvalue weighted by Crippen LogP contribution is 2.45. The minimum Gasteiger partial charge on any atom is -0.465 e. The minimum atomic E-state index is -2.81. The van der Waals surface area contributed by atoms with Crippen LogP contribution >= 0.6 is 0 Å². The summed E-state index contributed by atoms with van der Waals surface area (Å²) < 4.78 is 25.2. The molecule has 0 aliphatic carbocycles. The first kappa shape index (κ1) is 43.5. The Hall–Kier alpha value is -3.92. The smallest absolute Gasteiger partial charge is 0.337 e. The largest absolute Gasteiger partial charge is 0.465 e. The highest BCUT2D eigenvalue weighted by atomic mass is 28.4. The summed E-state index contributed by atoms with van der Waals surface area (Å²) in [6, 6.07) is 26.1. The van der Waals surface area contributed by atoms with Crippen LogP contribution in [-0.2, 0) is 27.9 Å². The molecule has 2 aromatic carbocycles. The van der Waals surface area contributed by atoms with Gasteiger partial charge in [0.2, 0.25) is 11.4 Å². The molecule has 7 nitrogen and oxygen atoms in total. The van der Waals surface area contributed by atoms with Crippen molar-refractivity contribution in [2.24, 2.45) is 0 Å². The van der Waals surface area contributed by atoms with Crippen molar-refractivity contribution >= 4 is 38.8 Å². The molecule has 53 heavy (non-hydrogen) atoms. The van der Waals surface area contributed by atoms with Gasteiger partial charge >= 0.3 is 5.97 Å². The number of rotatable bonds is 19. The van der Waals surface area contributed by atoms with Gasteiger partial charge in [-0.1, -0.05) is 144 Å². The van der Waals surface area contributed by atoms with E-state index in [4.69, 9.17) is 18.3 Å². The van der Waals surface area contributed by atoms with Crippen molar-refractivity contribution in [2.75, 3.05) is 13.7 Å². The average molecular weight is 754 g/mol. The van der Waals surface area contributed by atoms with Crippen molar-refractivity contribution < 1.29 is 27.9 Å². The molecule has 1 fully saturated rings. The first-order valence-corrected chi connectivity index (χ1v) is 23.2. The van der Waals surface area contributed by atoms with Crippen LogP contribution in [-0.4, -0.2) is 59.9 Å². The van der Waals surface area contributed by atoms with E-state index in [1.807, 2.05) is 31.2 Å². The van der Waals surface area contributed by atoms with Gasteiger partial charge in [-0.2, -0.15) is 5.26 Å². The number of ether oxygens (including phenoxy) is 2. The molecule has 1 aliphatic rings. The van der Waals surface area contributed by atoms with Crippen LogP contribution in [0.1, 0.15) is 68.7 Å². The standard InChI is InChI=1S/C44H59NO6Si2/c1-11-36(42(47)48-10)32-34(5)24-18-15-19-25-35(6)40(46)44(33-45)41(50-44)39(51-52(12-2,13-3)14-4)30-31-49-53(43(7,8)9,37-26-20-16-21-27-37)38-28-22-17-23-29-38/h11,15-29,32,39,41H,12-14,30-31H2,1-10H3/b19-15+,24-18+,34-32+,35-25+,36-11+/t39-,41-,44-/m0/s1. The third kappa shape index (κ3) is 10.2. The number of methoxy groups -OCH3 is 1. The number of Topliss-reactive ketones (excluding diaryl/α,β-unsaturated/α-hetero) is 1. The predicted molar refractivity (Wildman–Crippen MR) is 220 cm³/mol. The molecular formula is C44H59NO6Si2. The molecule has 284 valence electrons. The van der Waals surface area contributed by atoms with E-state index in [1.54, 1.807) is 44.2 Å². The normalized spacial score (nSPS) is 19.3. The molecular weight excluding hydrogens is 695 g/mol. The zero-order valence-electron chi connectivity index (χ0n) is 33.4. The van der Waals surface area contributed by atoms with Crippen molar-refractivity contribution in [3.05, 3.63) is 120 Å². The zero-order chi connectivity index (χ0) is 39.3. The quantitative estimate of drug-likeness (QED) is 0.0466. The SMILES string of the molecule is C\C=C(/C=C(C)/C=C/C=C/C=C(\C)C(=O)[C@]1(C#N)O[C@H]1[C@H](CCO[Si](c1ccccc1)(c1ccccc1)C(C)(C)C)O[Si](CC)(CC)CC)C(=O)OC. The lowest BCUT2D eigenvalue weighted by Crippen LogP contribution is -2.66. The van der Waals surface area contributed by atoms with Gasteiger partial charge in [-0.15, -0.1) is 0 Å². The topological polar surface area (TPSA) is 98.2 Å². The molecule has 9 heteroatoms. The van der Waals surface area contributed by atoms with Crippen LogP contribution in [0, 0.1) is 11.3 Å². The summed E-state index contributed by atoms with van der Waals surface area (Å²) >= 11 is 0. The molecule has 2 aromatic rings. The lowest BCUT2D eigenvalue weighted by atomic mass is 9.92. The minimum absolute atomic E-state index is 0.193. The number of ketones is 1. The maximum atomic E-state index is 13.9. The van der Waals surface area contributed by atoms with Gasteiger partial charge < -0.3 is 18.3 Å². The summed E-state index contributed by atoms with van der Waals surface area (Å²) in [4.78, 5) is 25.8. The van der Waals surface area contributed by atoms with E-state index in [0.717, 1.165) is 23.7 Å². The van der Waals surface area contributed by atoms with E-state index in [9.17, 15) is 14.9 Å². The molecule has 1 aliphatic heterocycles. The molecule has 0 bridgehead atoms. The van der Waals surface area contributed by atoms with E-state index in [2.05, 4.69) is 96.1 Å². The van der Waals surface area contributed by atoms with Gasteiger partial charge in [0.1, 0.15) is 12.2 Å². The third-order valence-corrected chi connectivity index (χ3v) is 20.1. The Morgan fingerprint density at radius 2 is 1.51 bits per heavy atom. The molecule has 3 atom stereocenters.